The second kappa shape index (κ2) is 8.27. The highest BCUT2D eigenvalue weighted by molar-refractivity contribution is 7.09. The number of benzene rings is 2. The number of rotatable bonds is 5. The van der Waals surface area contributed by atoms with Gasteiger partial charge >= 0.3 is 0 Å². The molecule has 0 spiro atoms. The molecule has 1 aromatic heterocycles. The minimum Gasteiger partial charge on any atom is -0.490 e. The lowest BCUT2D eigenvalue weighted by molar-refractivity contribution is -0.114. The smallest absolute Gasteiger partial charge is 0.251 e. The Morgan fingerprint density at radius 2 is 2.07 bits per heavy atom. The van der Waals surface area contributed by atoms with Crippen LogP contribution in [0, 0.1) is 6.92 Å². The highest BCUT2D eigenvalue weighted by Gasteiger charge is 2.21. The Balaban J connectivity index is 1.48. The molecule has 2 aromatic carbocycles. The maximum absolute atomic E-state index is 12.8. The van der Waals surface area contributed by atoms with E-state index in [0.717, 1.165) is 33.5 Å². The van der Waals surface area contributed by atoms with E-state index in [1.807, 2.05) is 60.8 Å². The van der Waals surface area contributed by atoms with Gasteiger partial charge in [-0.2, -0.15) is 0 Å². The molecule has 1 aliphatic heterocycles. The molecule has 6 heteroatoms. The van der Waals surface area contributed by atoms with E-state index in [2.05, 4.69) is 4.98 Å². The third-order valence-electron chi connectivity index (χ3n) is 4.36. The van der Waals surface area contributed by atoms with Gasteiger partial charge in [-0.1, -0.05) is 30.3 Å². The summed E-state index contributed by atoms with van der Waals surface area (Å²) < 4.78 is 11.5. The zero-order valence-corrected chi connectivity index (χ0v) is 16.3. The molecular weight excluding hydrogens is 372 g/mol. The summed E-state index contributed by atoms with van der Waals surface area (Å²) in [5.41, 5.74) is 2.55. The lowest BCUT2D eigenvalue weighted by Crippen LogP contribution is -2.36. The Morgan fingerprint density at radius 1 is 1.25 bits per heavy atom. The van der Waals surface area contributed by atoms with Crippen molar-refractivity contribution in [3.05, 3.63) is 76.3 Å². The number of anilines is 1. The van der Waals surface area contributed by atoms with Gasteiger partial charge in [0.2, 0.25) is 0 Å². The number of aromatic nitrogens is 1. The zero-order chi connectivity index (χ0) is 19.3. The molecule has 0 aliphatic carbocycles. The van der Waals surface area contributed by atoms with Gasteiger partial charge in [-0.05, 0) is 31.2 Å². The molecule has 4 rings (SSSR count). The van der Waals surface area contributed by atoms with E-state index in [1.165, 1.54) is 0 Å². The highest BCUT2D eigenvalue weighted by Crippen LogP contribution is 2.31. The Morgan fingerprint density at radius 3 is 2.93 bits per heavy atom. The number of hydrogen-bond donors (Lipinski definition) is 0. The second-order valence-corrected chi connectivity index (χ2v) is 7.39. The van der Waals surface area contributed by atoms with E-state index in [1.54, 1.807) is 28.4 Å². The van der Waals surface area contributed by atoms with Gasteiger partial charge in [0.25, 0.3) is 5.91 Å². The molecule has 0 bridgehead atoms. The van der Waals surface area contributed by atoms with Crippen LogP contribution in [0.2, 0.25) is 0 Å². The first-order valence-corrected chi connectivity index (χ1v) is 9.93. The summed E-state index contributed by atoms with van der Waals surface area (Å²) >= 11 is 1.60. The van der Waals surface area contributed by atoms with Crippen LogP contribution in [0.25, 0.3) is 6.08 Å². The van der Waals surface area contributed by atoms with Crippen molar-refractivity contribution in [3.63, 3.8) is 0 Å². The molecule has 5 nitrogen and oxygen atoms in total. The van der Waals surface area contributed by atoms with Crippen molar-refractivity contribution in [2.45, 2.75) is 13.5 Å². The number of thiazole rings is 1. The van der Waals surface area contributed by atoms with Crippen LogP contribution in [0.5, 0.6) is 11.5 Å². The van der Waals surface area contributed by atoms with E-state index in [-0.39, 0.29) is 5.91 Å². The second-order valence-electron chi connectivity index (χ2n) is 6.32. The number of carbonyl (C=O) groups excluding carboxylic acids is 1. The van der Waals surface area contributed by atoms with Crippen molar-refractivity contribution in [1.82, 2.24) is 4.98 Å². The van der Waals surface area contributed by atoms with Crippen molar-refractivity contribution in [2.75, 3.05) is 18.1 Å². The molecule has 2 heterocycles. The fourth-order valence-corrected chi connectivity index (χ4v) is 3.62. The fraction of sp³-hybridized carbons (Fsp3) is 0.182. The number of ether oxygens (including phenoxy) is 2. The normalized spacial score (nSPS) is 13.2. The number of nitrogens with zero attached hydrogens (tertiary/aromatic N) is 2. The number of fused-ring (bicyclic) bond motifs is 1. The molecule has 0 atom stereocenters. The average molecular weight is 392 g/mol. The highest BCUT2D eigenvalue weighted by atomic mass is 32.1. The van der Waals surface area contributed by atoms with E-state index in [0.29, 0.717) is 19.8 Å². The third kappa shape index (κ3) is 4.07. The SMILES string of the molecule is Cc1nc(COc2ccccc2/C=C/C(=O)N2CCOc3ccccc32)cs1. The quantitative estimate of drug-likeness (QED) is 0.601. The average Bonchev–Trinajstić information content (AvgIpc) is 3.15. The van der Waals surface area contributed by atoms with Crippen LogP contribution in [0.15, 0.2) is 60.0 Å². The molecule has 0 unspecified atom stereocenters. The van der Waals surface area contributed by atoms with E-state index >= 15 is 0 Å². The van der Waals surface area contributed by atoms with E-state index < -0.39 is 0 Å². The van der Waals surface area contributed by atoms with Crippen molar-refractivity contribution in [3.8, 4) is 11.5 Å². The van der Waals surface area contributed by atoms with Crippen molar-refractivity contribution < 1.29 is 14.3 Å². The van der Waals surface area contributed by atoms with Gasteiger partial charge in [-0.15, -0.1) is 11.3 Å². The molecule has 28 heavy (non-hydrogen) atoms. The molecule has 3 aromatic rings. The first kappa shape index (κ1) is 18.3. The van der Waals surface area contributed by atoms with Crippen LogP contribution in [-0.4, -0.2) is 24.0 Å². The van der Waals surface area contributed by atoms with Gasteiger partial charge in [-0.25, -0.2) is 4.98 Å². The predicted molar refractivity (Wildman–Crippen MR) is 111 cm³/mol. The lowest BCUT2D eigenvalue weighted by Gasteiger charge is -2.28. The van der Waals surface area contributed by atoms with E-state index in [9.17, 15) is 4.79 Å². The van der Waals surface area contributed by atoms with Crippen LogP contribution in [0.1, 0.15) is 16.3 Å². The van der Waals surface area contributed by atoms with Crippen LogP contribution in [0.3, 0.4) is 0 Å². The summed E-state index contributed by atoms with van der Waals surface area (Å²) in [7, 11) is 0. The molecule has 1 amide bonds. The van der Waals surface area contributed by atoms with Gasteiger partial charge in [0, 0.05) is 17.0 Å². The van der Waals surface area contributed by atoms with Crippen LogP contribution in [0.4, 0.5) is 5.69 Å². The minimum atomic E-state index is -0.0827. The number of hydrogen-bond acceptors (Lipinski definition) is 5. The van der Waals surface area contributed by atoms with Crippen LogP contribution >= 0.6 is 11.3 Å². The molecule has 0 saturated heterocycles. The van der Waals surface area contributed by atoms with Crippen molar-refractivity contribution >= 4 is 29.0 Å². The predicted octanol–water partition coefficient (Wildman–Crippen LogP) is 4.47. The third-order valence-corrected chi connectivity index (χ3v) is 5.18. The summed E-state index contributed by atoms with van der Waals surface area (Å²) in [6.45, 7) is 3.39. The van der Waals surface area contributed by atoms with Gasteiger partial charge < -0.3 is 14.4 Å². The topological polar surface area (TPSA) is 51.7 Å². The molecule has 0 fully saturated rings. The number of carbonyl (C=O) groups is 1. The maximum Gasteiger partial charge on any atom is 0.251 e. The molecule has 1 aliphatic rings. The monoisotopic (exact) mass is 392 g/mol. The first-order chi connectivity index (χ1) is 13.7. The standard InChI is InChI=1S/C22H20N2O3S/c1-16-23-18(15-28-16)14-27-20-8-4-2-6-17(20)10-11-22(25)24-12-13-26-21-9-5-3-7-19(21)24/h2-11,15H,12-14H2,1H3/b11-10+. The molecule has 0 radical (unpaired) electrons. The zero-order valence-electron chi connectivity index (χ0n) is 15.5. The summed E-state index contributed by atoms with van der Waals surface area (Å²) in [4.78, 5) is 18.9. The Bertz CT molecular complexity index is 1010. The van der Waals surface area contributed by atoms with Gasteiger partial charge in [-0.3, -0.25) is 4.79 Å². The van der Waals surface area contributed by atoms with Crippen molar-refractivity contribution in [2.24, 2.45) is 0 Å². The number of para-hydroxylation sites is 3. The summed E-state index contributed by atoms with van der Waals surface area (Å²) in [6, 6.07) is 15.2. The minimum absolute atomic E-state index is 0.0827. The summed E-state index contributed by atoms with van der Waals surface area (Å²) in [6.07, 6.45) is 3.37. The Labute approximate surface area is 167 Å². The lowest BCUT2D eigenvalue weighted by atomic mass is 10.1. The largest absolute Gasteiger partial charge is 0.490 e. The Kier molecular flexibility index (Phi) is 5.39. The first-order valence-electron chi connectivity index (χ1n) is 9.05. The van der Waals surface area contributed by atoms with E-state index in [4.69, 9.17) is 9.47 Å². The molecule has 0 saturated carbocycles. The van der Waals surface area contributed by atoms with Crippen LogP contribution < -0.4 is 14.4 Å². The fourth-order valence-electron chi connectivity index (χ4n) is 3.03. The van der Waals surface area contributed by atoms with Gasteiger partial charge in [0.1, 0.15) is 24.7 Å². The number of amides is 1. The molecule has 0 N–H and O–H groups in total. The molecular formula is C22H20N2O3S. The summed E-state index contributed by atoms with van der Waals surface area (Å²) in [5, 5.41) is 3.01. The Hall–Kier alpha value is -3.12. The van der Waals surface area contributed by atoms with Crippen molar-refractivity contribution in [1.29, 1.82) is 0 Å². The van der Waals surface area contributed by atoms with Crippen LogP contribution in [-0.2, 0) is 11.4 Å². The maximum atomic E-state index is 12.8. The number of aryl methyl sites for hydroxylation is 1. The summed E-state index contributed by atoms with van der Waals surface area (Å²) in [5.74, 6) is 1.37. The van der Waals surface area contributed by atoms with Gasteiger partial charge in [0.15, 0.2) is 0 Å². The van der Waals surface area contributed by atoms with Gasteiger partial charge in [0.05, 0.1) is 22.9 Å². The molecule has 142 valence electrons.